The van der Waals surface area contributed by atoms with E-state index in [0.29, 0.717) is 0 Å². The molecule has 2 aromatic carbocycles. The van der Waals surface area contributed by atoms with E-state index in [-0.39, 0.29) is 0 Å². The van der Waals surface area contributed by atoms with Crippen LogP contribution in [-0.2, 0) is 19.4 Å². The molecule has 156 valence electrons. The standard InChI is InChI=1S/C18H18O10S/c19-9-1-5-11(6-2-9)29(25,26)12-7-3-10(4-8-12)27-18-15(22)13(20)14(21)16(28-18)17(23)24/h1-8,13-16,18-22H,(H,23,24)/t13-,14-,15+,16-,18+/m0/s1/i1D,2D,3D,4D,5D,6D,7D,8D. The second-order valence-corrected chi connectivity index (χ2v) is 7.52. The van der Waals surface area contributed by atoms with E-state index in [1.54, 1.807) is 0 Å². The van der Waals surface area contributed by atoms with Crippen molar-refractivity contribution < 1.29 is 59.2 Å². The number of benzene rings is 2. The third kappa shape index (κ3) is 4.18. The van der Waals surface area contributed by atoms with Gasteiger partial charge in [-0.15, -0.1) is 0 Å². The third-order valence-electron chi connectivity index (χ3n) is 3.75. The highest BCUT2D eigenvalue weighted by atomic mass is 32.2. The molecule has 0 amide bonds. The molecule has 0 unspecified atom stereocenters. The molecule has 0 aromatic heterocycles. The van der Waals surface area contributed by atoms with Crippen molar-refractivity contribution in [2.75, 3.05) is 0 Å². The van der Waals surface area contributed by atoms with Crippen molar-refractivity contribution in [3.8, 4) is 11.5 Å². The smallest absolute Gasteiger partial charge is 0.335 e. The molecule has 29 heavy (non-hydrogen) atoms. The molecular weight excluding hydrogens is 408 g/mol. The van der Waals surface area contributed by atoms with Gasteiger partial charge in [-0.3, -0.25) is 0 Å². The summed E-state index contributed by atoms with van der Waals surface area (Å²) in [6, 6.07) is -9.74. The molecule has 5 atom stereocenters. The van der Waals surface area contributed by atoms with Crippen LogP contribution < -0.4 is 4.74 Å². The Morgan fingerprint density at radius 3 is 1.97 bits per heavy atom. The number of aliphatic hydroxyl groups is 3. The van der Waals surface area contributed by atoms with Crippen LogP contribution in [0.4, 0.5) is 0 Å². The van der Waals surface area contributed by atoms with Crippen molar-refractivity contribution in [2.45, 2.75) is 40.5 Å². The summed E-state index contributed by atoms with van der Waals surface area (Å²) in [6.45, 7) is 0. The lowest BCUT2D eigenvalue weighted by Crippen LogP contribution is -2.61. The molecule has 1 fully saturated rings. The number of rotatable bonds is 5. The van der Waals surface area contributed by atoms with E-state index in [4.69, 9.17) is 25.5 Å². The highest BCUT2D eigenvalue weighted by molar-refractivity contribution is 7.91. The lowest BCUT2D eigenvalue weighted by Gasteiger charge is -2.38. The number of carboxylic acid groups (broad SMARTS) is 1. The molecule has 1 saturated heterocycles. The number of carbonyl (C=O) groups is 1. The number of sulfone groups is 1. The fourth-order valence-electron chi connectivity index (χ4n) is 2.28. The van der Waals surface area contributed by atoms with E-state index in [2.05, 4.69) is 0 Å². The predicted octanol–water partition coefficient (Wildman–Crippen LogP) is -0.504. The number of hydrogen-bond donors (Lipinski definition) is 5. The Morgan fingerprint density at radius 1 is 0.931 bits per heavy atom. The molecule has 10 nitrogen and oxygen atoms in total. The molecule has 0 aliphatic carbocycles. The molecule has 0 radical (unpaired) electrons. The van der Waals surface area contributed by atoms with E-state index in [1.807, 2.05) is 0 Å². The lowest BCUT2D eigenvalue weighted by atomic mass is 9.99. The van der Waals surface area contributed by atoms with E-state index < -0.39 is 116 Å². The Balaban J connectivity index is 2.17. The van der Waals surface area contributed by atoms with Crippen molar-refractivity contribution >= 4 is 15.8 Å². The maximum absolute atomic E-state index is 13.3. The molecule has 0 bridgehead atoms. The summed E-state index contributed by atoms with van der Waals surface area (Å²) in [5, 5.41) is 48.5. The van der Waals surface area contributed by atoms with Crippen molar-refractivity contribution in [3.05, 3.63) is 48.3 Å². The minimum atomic E-state index is -5.29. The van der Waals surface area contributed by atoms with Crippen LogP contribution in [-0.4, -0.2) is 70.6 Å². The molecule has 1 aliphatic heterocycles. The number of ether oxygens (including phenoxy) is 2. The zero-order chi connectivity index (χ0) is 28.3. The van der Waals surface area contributed by atoms with Gasteiger partial charge in [0.1, 0.15) is 29.8 Å². The summed E-state index contributed by atoms with van der Waals surface area (Å²) >= 11 is 0. The zero-order valence-electron chi connectivity index (χ0n) is 22.1. The van der Waals surface area contributed by atoms with E-state index >= 15 is 0 Å². The Morgan fingerprint density at radius 2 is 1.45 bits per heavy atom. The fraction of sp³-hybridized carbons (Fsp3) is 0.278. The van der Waals surface area contributed by atoms with Gasteiger partial charge in [0.2, 0.25) is 16.1 Å². The second kappa shape index (κ2) is 7.97. The second-order valence-electron chi connectivity index (χ2n) is 5.69. The first-order valence-electron chi connectivity index (χ1n) is 11.7. The highest BCUT2D eigenvalue weighted by Gasteiger charge is 2.48. The number of aromatic hydroxyl groups is 1. The third-order valence-corrected chi connectivity index (χ3v) is 5.24. The summed E-state index contributed by atoms with van der Waals surface area (Å²) in [5.41, 5.74) is 0. The van der Waals surface area contributed by atoms with Gasteiger partial charge in [0.05, 0.1) is 20.8 Å². The van der Waals surface area contributed by atoms with Crippen LogP contribution in [0.2, 0.25) is 0 Å². The number of aliphatic carboxylic acids is 1. The van der Waals surface area contributed by atoms with Crippen LogP contribution >= 0.6 is 0 Å². The number of phenolic OH excluding ortho intramolecular Hbond substituents is 1. The quantitative estimate of drug-likeness (QED) is 0.413. The summed E-state index contributed by atoms with van der Waals surface area (Å²) in [6.07, 6.45) is -10.7. The van der Waals surface area contributed by atoms with Crippen molar-refractivity contribution in [2.24, 2.45) is 0 Å². The molecule has 3 rings (SSSR count). The van der Waals surface area contributed by atoms with Gasteiger partial charge >= 0.3 is 5.97 Å². The summed E-state index contributed by atoms with van der Waals surface area (Å²) in [7, 11) is -5.29. The summed E-state index contributed by atoms with van der Waals surface area (Å²) in [4.78, 5) is 8.56. The van der Waals surface area contributed by atoms with Crippen LogP contribution in [0.5, 0.6) is 11.5 Å². The fourth-order valence-corrected chi connectivity index (χ4v) is 3.22. The van der Waals surface area contributed by atoms with E-state index in [1.165, 1.54) is 0 Å². The minimum Gasteiger partial charge on any atom is -0.508 e. The summed E-state index contributed by atoms with van der Waals surface area (Å²) in [5.74, 6) is -3.98. The summed E-state index contributed by atoms with van der Waals surface area (Å²) < 4.78 is 99.8. The Labute approximate surface area is 176 Å². The molecule has 1 aliphatic rings. The molecule has 0 spiro atoms. The van der Waals surface area contributed by atoms with E-state index in [0.717, 1.165) is 0 Å². The van der Waals surface area contributed by atoms with Gasteiger partial charge in [0.25, 0.3) is 0 Å². The van der Waals surface area contributed by atoms with Crippen LogP contribution in [0.25, 0.3) is 0 Å². The first kappa shape index (κ1) is 12.8. The van der Waals surface area contributed by atoms with Gasteiger partial charge in [-0.05, 0) is 48.3 Å². The van der Waals surface area contributed by atoms with Crippen LogP contribution in [0.15, 0.2) is 58.1 Å². The van der Waals surface area contributed by atoms with E-state index in [9.17, 15) is 33.6 Å². The topological polar surface area (TPSA) is 171 Å². The van der Waals surface area contributed by atoms with Crippen molar-refractivity contribution in [3.63, 3.8) is 0 Å². The van der Waals surface area contributed by atoms with Crippen molar-refractivity contribution in [1.29, 1.82) is 0 Å². The average Bonchev–Trinajstić information content (AvgIpc) is 2.82. The molecule has 11 heteroatoms. The molecule has 5 N–H and O–H groups in total. The molecule has 2 aromatic rings. The number of carboxylic acids is 1. The molecular formula is C18H18O10S. The number of phenols is 1. The van der Waals surface area contributed by atoms with Crippen molar-refractivity contribution in [1.82, 2.24) is 0 Å². The zero-order valence-corrected chi connectivity index (χ0v) is 14.9. The monoisotopic (exact) mass is 434 g/mol. The van der Waals surface area contributed by atoms with Gasteiger partial charge in [0.15, 0.2) is 6.10 Å². The Bertz CT molecular complexity index is 1340. The first-order valence-corrected chi connectivity index (χ1v) is 9.18. The number of hydrogen-bond acceptors (Lipinski definition) is 9. The Kier molecular flexibility index (Phi) is 3.51. The SMILES string of the molecule is [2H]c1c([2H])c(S(=O)(=O)c2c([2H])c([2H])c(O[C@@H]3O[C@H](C(=O)O)[C@@H](O)[C@H](O)[C@H]3O)c([2H])c2[2H])c([2H])c([2H])c1O. The van der Waals surface area contributed by atoms with Gasteiger partial charge in [-0.25, -0.2) is 13.2 Å². The highest BCUT2D eigenvalue weighted by Crippen LogP contribution is 2.27. The largest absolute Gasteiger partial charge is 0.508 e. The maximum Gasteiger partial charge on any atom is 0.335 e. The maximum atomic E-state index is 13.3. The average molecular weight is 434 g/mol. The van der Waals surface area contributed by atoms with Crippen LogP contribution in [0.1, 0.15) is 11.0 Å². The van der Waals surface area contributed by atoms with Gasteiger partial charge in [-0.2, -0.15) is 0 Å². The normalized spacial score (nSPS) is 31.2. The molecule has 1 heterocycles. The first-order chi connectivity index (χ1) is 17.0. The number of aliphatic hydroxyl groups excluding tert-OH is 3. The van der Waals surface area contributed by atoms with Gasteiger partial charge in [0, 0.05) is 0 Å². The Hall–Kier alpha value is -2.70. The minimum absolute atomic E-state index is 1.05. The predicted molar refractivity (Wildman–Crippen MR) is 94.9 cm³/mol. The van der Waals surface area contributed by atoms with Gasteiger partial charge in [-0.1, -0.05) is 0 Å². The van der Waals surface area contributed by atoms with Gasteiger partial charge < -0.3 is 35.0 Å². The molecule has 0 saturated carbocycles. The lowest BCUT2D eigenvalue weighted by molar-refractivity contribution is -0.271. The van der Waals surface area contributed by atoms with Crippen LogP contribution in [0.3, 0.4) is 0 Å². The van der Waals surface area contributed by atoms with Crippen LogP contribution in [0, 0.1) is 0 Å².